The van der Waals surface area contributed by atoms with E-state index in [1.807, 2.05) is 67.8 Å². The number of aryl methyl sites for hydroxylation is 1. The fourth-order valence-electron chi connectivity index (χ4n) is 3.03. The number of para-hydroxylation sites is 1. The molecule has 0 aliphatic heterocycles. The third-order valence-electron chi connectivity index (χ3n) is 4.50. The molecule has 0 spiro atoms. The Morgan fingerprint density at radius 3 is 2.48 bits per heavy atom. The average molecular weight is 436 g/mol. The van der Waals surface area contributed by atoms with E-state index in [0.29, 0.717) is 22.9 Å². The van der Waals surface area contributed by atoms with Crippen LogP contribution < -0.4 is 10.1 Å². The van der Waals surface area contributed by atoms with Gasteiger partial charge in [-0.05, 0) is 38.5 Å². The van der Waals surface area contributed by atoms with Gasteiger partial charge in [-0.3, -0.25) is 4.79 Å². The van der Waals surface area contributed by atoms with Gasteiger partial charge in [-0.15, -0.1) is 11.3 Å². The number of benzene rings is 2. The van der Waals surface area contributed by atoms with E-state index >= 15 is 0 Å². The van der Waals surface area contributed by atoms with Crippen LogP contribution in [0, 0.1) is 6.92 Å². The van der Waals surface area contributed by atoms with Crippen molar-refractivity contribution in [2.45, 2.75) is 20.8 Å². The van der Waals surface area contributed by atoms with Gasteiger partial charge in [0.05, 0.1) is 13.2 Å². The Kier molecular flexibility index (Phi) is 7.62. The summed E-state index contributed by atoms with van der Waals surface area (Å²) in [5.74, 6) is -0.0894. The largest absolute Gasteiger partial charge is 0.493 e. The molecule has 3 rings (SSSR count). The van der Waals surface area contributed by atoms with E-state index in [-0.39, 0.29) is 12.5 Å². The van der Waals surface area contributed by atoms with Crippen molar-refractivity contribution in [3.05, 3.63) is 76.7 Å². The molecule has 1 N–H and O–H groups in total. The zero-order chi connectivity index (χ0) is 22.2. The van der Waals surface area contributed by atoms with Crippen LogP contribution in [-0.2, 0) is 9.53 Å². The van der Waals surface area contributed by atoms with Crippen LogP contribution in [0.5, 0.6) is 5.75 Å². The maximum Gasteiger partial charge on any atom is 0.341 e. The lowest BCUT2D eigenvalue weighted by atomic mass is 10.0. The highest BCUT2D eigenvalue weighted by Gasteiger charge is 2.22. The minimum absolute atomic E-state index is 0.253. The highest BCUT2D eigenvalue weighted by molar-refractivity contribution is 7.15. The first-order valence-corrected chi connectivity index (χ1v) is 11.0. The Balaban J connectivity index is 1.86. The summed E-state index contributed by atoms with van der Waals surface area (Å²) in [6, 6.07) is 15.4. The summed E-state index contributed by atoms with van der Waals surface area (Å²) < 4.78 is 10.8. The molecule has 1 heterocycles. The van der Waals surface area contributed by atoms with E-state index in [1.165, 1.54) is 17.4 Å². The van der Waals surface area contributed by atoms with Crippen molar-refractivity contribution < 1.29 is 19.1 Å². The molecule has 0 aliphatic rings. The predicted octanol–water partition coefficient (Wildman–Crippen LogP) is 5.95. The molecule has 160 valence electrons. The van der Waals surface area contributed by atoms with Crippen molar-refractivity contribution in [3.63, 3.8) is 0 Å². The van der Waals surface area contributed by atoms with Crippen molar-refractivity contribution >= 4 is 34.3 Å². The topological polar surface area (TPSA) is 64.6 Å². The van der Waals surface area contributed by atoms with Gasteiger partial charge in [0.15, 0.2) is 0 Å². The van der Waals surface area contributed by atoms with Crippen LogP contribution in [0.3, 0.4) is 0 Å². The SMILES string of the molecule is CCOC(=O)c1c(-c2ccc(C)cc2)csc1NC(=O)C=Cc1ccccc1OCC. The molecule has 31 heavy (non-hydrogen) atoms. The van der Waals surface area contributed by atoms with E-state index in [1.54, 1.807) is 13.0 Å². The standard InChI is InChI=1S/C25H25NO4S/c1-4-29-21-9-7-6-8-19(21)14-15-22(27)26-24-23(25(28)30-5-2)20(16-31-24)18-12-10-17(3)11-13-18/h6-16H,4-5H2,1-3H3,(H,26,27). The van der Waals surface area contributed by atoms with Gasteiger partial charge in [-0.25, -0.2) is 4.79 Å². The second-order valence-electron chi connectivity index (χ2n) is 6.73. The number of carbonyl (C=O) groups is 2. The molecule has 3 aromatic rings. The van der Waals surface area contributed by atoms with Crippen molar-refractivity contribution in [3.8, 4) is 16.9 Å². The van der Waals surface area contributed by atoms with Gasteiger partial charge < -0.3 is 14.8 Å². The minimum Gasteiger partial charge on any atom is -0.493 e. The number of hydrogen-bond acceptors (Lipinski definition) is 5. The summed E-state index contributed by atoms with van der Waals surface area (Å²) in [5, 5.41) is 5.15. The van der Waals surface area contributed by atoms with Gasteiger partial charge in [0.1, 0.15) is 16.3 Å². The number of thiophene rings is 1. The maximum atomic E-state index is 12.7. The molecule has 0 unspecified atom stereocenters. The van der Waals surface area contributed by atoms with Crippen molar-refractivity contribution in [2.24, 2.45) is 0 Å². The number of rotatable bonds is 8. The molecule has 0 fully saturated rings. The highest BCUT2D eigenvalue weighted by atomic mass is 32.1. The molecule has 1 aromatic heterocycles. The Labute approximate surface area is 186 Å². The number of esters is 1. The lowest BCUT2D eigenvalue weighted by Crippen LogP contribution is -2.12. The number of anilines is 1. The van der Waals surface area contributed by atoms with Gasteiger partial charge in [0.25, 0.3) is 0 Å². The molecular formula is C25H25NO4S. The number of nitrogens with one attached hydrogen (secondary N) is 1. The molecule has 0 radical (unpaired) electrons. The number of amides is 1. The molecule has 2 aromatic carbocycles. The van der Waals surface area contributed by atoms with Crippen LogP contribution in [-0.4, -0.2) is 25.1 Å². The number of carbonyl (C=O) groups excluding carboxylic acids is 2. The van der Waals surface area contributed by atoms with Crippen molar-refractivity contribution in [1.29, 1.82) is 0 Å². The number of ether oxygens (including phenoxy) is 2. The average Bonchev–Trinajstić information content (AvgIpc) is 3.17. The highest BCUT2D eigenvalue weighted by Crippen LogP contribution is 2.36. The summed E-state index contributed by atoms with van der Waals surface area (Å²) in [7, 11) is 0. The molecule has 1 amide bonds. The van der Waals surface area contributed by atoms with Gasteiger partial charge in [-0.1, -0.05) is 48.0 Å². The van der Waals surface area contributed by atoms with Gasteiger partial charge in [-0.2, -0.15) is 0 Å². The summed E-state index contributed by atoms with van der Waals surface area (Å²) in [6.07, 6.45) is 3.12. The zero-order valence-electron chi connectivity index (χ0n) is 17.8. The molecule has 5 nitrogen and oxygen atoms in total. The van der Waals surface area contributed by atoms with Crippen molar-refractivity contribution in [2.75, 3.05) is 18.5 Å². The molecular weight excluding hydrogens is 410 g/mol. The van der Waals surface area contributed by atoms with E-state index in [9.17, 15) is 9.59 Å². The molecule has 0 bridgehead atoms. The maximum absolute atomic E-state index is 12.7. The van der Waals surface area contributed by atoms with Crippen LogP contribution >= 0.6 is 11.3 Å². The van der Waals surface area contributed by atoms with E-state index in [2.05, 4.69) is 5.32 Å². The second-order valence-corrected chi connectivity index (χ2v) is 7.61. The quantitative estimate of drug-likeness (QED) is 0.351. The van der Waals surface area contributed by atoms with Crippen molar-refractivity contribution in [1.82, 2.24) is 0 Å². The third kappa shape index (κ3) is 5.61. The van der Waals surface area contributed by atoms with E-state index in [0.717, 1.165) is 22.3 Å². The lowest BCUT2D eigenvalue weighted by molar-refractivity contribution is -0.111. The first-order chi connectivity index (χ1) is 15.0. The van der Waals surface area contributed by atoms with Crippen LogP contribution in [0.4, 0.5) is 5.00 Å². The summed E-state index contributed by atoms with van der Waals surface area (Å²) in [6.45, 7) is 6.46. The Morgan fingerprint density at radius 2 is 1.77 bits per heavy atom. The Morgan fingerprint density at radius 1 is 1.03 bits per heavy atom. The van der Waals surface area contributed by atoms with E-state index in [4.69, 9.17) is 9.47 Å². The molecule has 0 aliphatic carbocycles. The Hall–Kier alpha value is -3.38. The van der Waals surface area contributed by atoms with Crippen LogP contribution in [0.15, 0.2) is 60.0 Å². The van der Waals surface area contributed by atoms with E-state index < -0.39 is 5.97 Å². The molecule has 6 heteroatoms. The van der Waals surface area contributed by atoms with Gasteiger partial charge >= 0.3 is 5.97 Å². The minimum atomic E-state index is -0.458. The molecule has 0 atom stereocenters. The fraction of sp³-hybridized carbons (Fsp3) is 0.200. The first-order valence-electron chi connectivity index (χ1n) is 10.1. The van der Waals surface area contributed by atoms with Gasteiger partial charge in [0, 0.05) is 22.6 Å². The predicted molar refractivity (Wildman–Crippen MR) is 126 cm³/mol. The normalized spacial score (nSPS) is 10.8. The fourth-order valence-corrected chi connectivity index (χ4v) is 3.99. The van der Waals surface area contributed by atoms with Crippen LogP contribution in [0.2, 0.25) is 0 Å². The smallest absolute Gasteiger partial charge is 0.341 e. The molecule has 0 saturated carbocycles. The zero-order valence-corrected chi connectivity index (χ0v) is 18.6. The summed E-state index contributed by atoms with van der Waals surface area (Å²) >= 11 is 1.30. The van der Waals surface area contributed by atoms with Crippen LogP contribution in [0.25, 0.3) is 17.2 Å². The monoisotopic (exact) mass is 435 g/mol. The Bertz CT molecular complexity index is 1080. The van der Waals surface area contributed by atoms with Gasteiger partial charge in [0.2, 0.25) is 5.91 Å². The summed E-state index contributed by atoms with van der Waals surface area (Å²) in [4.78, 5) is 25.3. The lowest BCUT2D eigenvalue weighted by Gasteiger charge is -2.08. The first kappa shape index (κ1) is 22.3. The third-order valence-corrected chi connectivity index (χ3v) is 5.40. The second kappa shape index (κ2) is 10.6. The van der Waals surface area contributed by atoms with Crippen LogP contribution in [0.1, 0.15) is 35.3 Å². The molecule has 0 saturated heterocycles. The summed E-state index contributed by atoms with van der Waals surface area (Å²) in [5.41, 5.74) is 3.93. The number of hydrogen-bond donors (Lipinski definition) is 1.